The maximum Gasteiger partial charge on any atom is 0.234 e. The van der Waals surface area contributed by atoms with Gasteiger partial charge in [0.2, 0.25) is 5.91 Å². The number of carbonyl (C=O) groups is 1. The number of nitrogens with zero attached hydrogens (tertiary/aromatic N) is 2. The quantitative estimate of drug-likeness (QED) is 0.508. The molecule has 0 saturated heterocycles. The normalized spacial score (nSPS) is 10.9. The number of thiophene rings is 1. The van der Waals surface area contributed by atoms with E-state index in [1.54, 1.807) is 18.4 Å². The number of thioether (sulfide) groups is 1. The van der Waals surface area contributed by atoms with Crippen molar-refractivity contribution < 1.29 is 9.53 Å². The van der Waals surface area contributed by atoms with Gasteiger partial charge in [0.15, 0.2) is 5.16 Å². The van der Waals surface area contributed by atoms with Crippen molar-refractivity contribution in [2.75, 3.05) is 23.9 Å². The van der Waals surface area contributed by atoms with Crippen LogP contribution in [0.2, 0.25) is 0 Å². The Morgan fingerprint density at radius 1 is 1.31 bits per heavy atom. The number of hydrogen-bond acceptors (Lipinski definition) is 7. The summed E-state index contributed by atoms with van der Waals surface area (Å²) in [4.78, 5) is 23.2. The van der Waals surface area contributed by atoms with Gasteiger partial charge in [-0.3, -0.25) is 4.79 Å². The molecule has 0 spiro atoms. The van der Waals surface area contributed by atoms with Gasteiger partial charge in [-0.2, -0.15) is 0 Å². The summed E-state index contributed by atoms with van der Waals surface area (Å²) in [6.07, 6.45) is 0. The summed E-state index contributed by atoms with van der Waals surface area (Å²) in [5, 5.41) is 4.28. The SMILES string of the molecule is COc1ccc(C)cc1NC(=O)CSc1nc(N)c2c(C)c(C)sc2n1. The van der Waals surface area contributed by atoms with Gasteiger partial charge in [0.1, 0.15) is 16.4 Å². The summed E-state index contributed by atoms with van der Waals surface area (Å²) in [5.41, 5.74) is 8.89. The molecule has 3 rings (SSSR count). The fourth-order valence-electron chi connectivity index (χ4n) is 2.56. The summed E-state index contributed by atoms with van der Waals surface area (Å²) in [6.45, 7) is 6.01. The number of fused-ring (bicyclic) bond motifs is 1. The van der Waals surface area contributed by atoms with Crippen molar-refractivity contribution in [3.05, 3.63) is 34.2 Å². The zero-order chi connectivity index (χ0) is 18.8. The predicted molar refractivity (Wildman–Crippen MR) is 108 cm³/mol. The molecule has 3 N–H and O–H groups in total. The molecule has 0 atom stereocenters. The molecular formula is C18H20N4O2S2. The number of anilines is 2. The van der Waals surface area contributed by atoms with Gasteiger partial charge in [0, 0.05) is 4.88 Å². The Bertz CT molecular complexity index is 985. The van der Waals surface area contributed by atoms with Crippen LogP contribution in [0.5, 0.6) is 5.75 Å². The number of amides is 1. The number of nitrogens with two attached hydrogens (primary N) is 1. The molecule has 0 aliphatic carbocycles. The first-order valence-electron chi connectivity index (χ1n) is 7.99. The highest BCUT2D eigenvalue weighted by Gasteiger charge is 2.14. The summed E-state index contributed by atoms with van der Waals surface area (Å²) in [5.74, 6) is 1.12. The second-order valence-electron chi connectivity index (χ2n) is 5.90. The molecule has 0 saturated carbocycles. The standard InChI is InChI=1S/C18H20N4O2S2/c1-9-5-6-13(24-4)12(7-9)20-14(23)8-25-18-21-16(19)15-10(2)11(3)26-17(15)22-18/h5-7H,8H2,1-4H3,(H,20,23)(H2,19,21,22). The number of benzene rings is 1. The largest absolute Gasteiger partial charge is 0.495 e. The molecule has 8 heteroatoms. The zero-order valence-electron chi connectivity index (χ0n) is 15.0. The van der Waals surface area contributed by atoms with Crippen LogP contribution in [0.4, 0.5) is 11.5 Å². The average molecular weight is 389 g/mol. The Morgan fingerprint density at radius 3 is 2.81 bits per heavy atom. The second-order valence-corrected chi connectivity index (χ2v) is 8.04. The summed E-state index contributed by atoms with van der Waals surface area (Å²) < 4.78 is 5.28. The fourth-order valence-corrected chi connectivity index (χ4v) is 4.31. The molecule has 136 valence electrons. The Balaban J connectivity index is 1.72. The Morgan fingerprint density at radius 2 is 2.08 bits per heavy atom. The van der Waals surface area contributed by atoms with Crippen LogP contribution in [0, 0.1) is 20.8 Å². The predicted octanol–water partition coefficient (Wildman–Crippen LogP) is 3.94. The van der Waals surface area contributed by atoms with Crippen LogP contribution in [-0.2, 0) is 4.79 Å². The highest BCUT2D eigenvalue weighted by Crippen LogP contribution is 2.33. The molecule has 26 heavy (non-hydrogen) atoms. The number of nitrogens with one attached hydrogen (secondary N) is 1. The van der Waals surface area contributed by atoms with E-state index >= 15 is 0 Å². The van der Waals surface area contributed by atoms with Gasteiger partial charge >= 0.3 is 0 Å². The van der Waals surface area contributed by atoms with Crippen LogP contribution >= 0.6 is 23.1 Å². The van der Waals surface area contributed by atoms with E-state index in [9.17, 15) is 4.79 Å². The lowest BCUT2D eigenvalue weighted by Gasteiger charge is -2.10. The van der Waals surface area contributed by atoms with Gasteiger partial charge in [-0.05, 0) is 44.0 Å². The van der Waals surface area contributed by atoms with E-state index < -0.39 is 0 Å². The maximum atomic E-state index is 12.3. The minimum atomic E-state index is -0.153. The minimum absolute atomic E-state index is 0.153. The molecule has 2 heterocycles. The van der Waals surface area contributed by atoms with Crippen molar-refractivity contribution in [2.24, 2.45) is 0 Å². The summed E-state index contributed by atoms with van der Waals surface area (Å²) >= 11 is 2.85. The zero-order valence-corrected chi connectivity index (χ0v) is 16.7. The van der Waals surface area contributed by atoms with Crippen LogP contribution in [0.15, 0.2) is 23.4 Å². The summed E-state index contributed by atoms with van der Waals surface area (Å²) in [6, 6.07) is 5.64. The van der Waals surface area contributed by atoms with Crippen molar-refractivity contribution in [2.45, 2.75) is 25.9 Å². The number of nitrogen functional groups attached to an aromatic ring is 1. The van der Waals surface area contributed by atoms with E-state index in [4.69, 9.17) is 10.5 Å². The van der Waals surface area contributed by atoms with Crippen molar-refractivity contribution in [3.63, 3.8) is 0 Å². The van der Waals surface area contributed by atoms with Crippen LogP contribution in [0.1, 0.15) is 16.0 Å². The van der Waals surface area contributed by atoms with Gasteiger partial charge in [-0.25, -0.2) is 9.97 Å². The molecule has 1 aromatic carbocycles. The molecule has 0 radical (unpaired) electrons. The third kappa shape index (κ3) is 3.76. The summed E-state index contributed by atoms with van der Waals surface area (Å²) in [7, 11) is 1.58. The number of ether oxygens (including phenoxy) is 1. The maximum absolute atomic E-state index is 12.3. The lowest BCUT2D eigenvalue weighted by Crippen LogP contribution is -2.15. The number of aryl methyl sites for hydroxylation is 3. The number of rotatable bonds is 5. The molecular weight excluding hydrogens is 368 g/mol. The molecule has 0 aliphatic heterocycles. The average Bonchev–Trinajstić information content (AvgIpc) is 2.88. The first kappa shape index (κ1) is 18.5. The van der Waals surface area contributed by atoms with Crippen LogP contribution in [0.25, 0.3) is 10.2 Å². The van der Waals surface area contributed by atoms with Crippen LogP contribution in [-0.4, -0.2) is 28.7 Å². The minimum Gasteiger partial charge on any atom is -0.495 e. The Hall–Kier alpha value is -2.32. The smallest absolute Gasteiger partial charge is 0.234 e. The second kappa shape index (κ2) is 7.51. The first-order chi connectivity index (χ1) is 12.4. The third-order valence-corrected chi connectivity index (χ3v) is 5.95. The van der Waals surface area contributed by atoms with Gasteiger partial charge in [0.25, 0.3) is 0 Å². The van der Waals surface area contributed by atoms with Crippen molar-refractivity contribution in [3.8, 4) is 5.75 Å². The molecule has 0 unspecified atom stereocenters. The van der Waals surface area contributed by atoms with Crippen molar-refractivity contribution >= 4 is 50.7 Å². The van der Waals surface area contributed by atoms with E-state index in [1.165, 1.54) is 16.6 Å². The fraction of sp³-hybridized carbons (Fsp3) is 0.278. The molecule has 1 amide bonds. The van der Waals surface area contributed by atoms with Gasteiger partial charge in [-0.1, -0.05) is 17.8 Å². The van der Waals surface area contributed by atoms with E-state index in [0.717, 1.165) is 21.3 Å². The number of methoxy groups -OCH3 is 1. The lowest BCUT2D eigenvalue weighted by molar-refractivity contribution is -0.113. The van der Waals surface area contributed by atoms with E-state index in [1.807, 2.05) is 39.0 Å². The molecule has 0 aliphatic rings. The van der Waals surface area contributed by atoms with Crippen molar-refractivity contribution in [1.29, 1.82) is 0 Å². The highest BCUT2D eigenvalue weighted by atomic mass is 32.2. The topological polar surface area (TPSA) is 90.1 Å². The van der Waals surface area contributed by atoms with Crippen LogP contribution in [0.3, 0.4) is 0 Å². The monoisotopic (exact) mass is 388 g/mol. The highest BCUT2D eigenvalue weighted by molar-refractivity contribution is 7.99. The number of aromatic nitrogens is 2. The molecule has 0 bridgehead atoms. The molecule has 3 aromatic rings. The number of carbonyl (C=O) groups excluding carboxylic acids is 1. The van der Waals surface area contributed by atoms with Gasteiger partial charge in [-0.15, -0.1) is 11.3 Å². The third-order valence-electron chi connectivity index (χ3n) is 4.00. The Labute approximate surface area is 160 Å². The number of hydrogen-bond donors (Lipinski definition) is 2. The van der Waals surface area contributed by atoms with E-state index in [2.05, 4.69) is 15.3 Å². The molecule has 0 fully saturated rings. The molecule has 2 aromatic heterocycles. The van der Waals surface area contributed by atoms with E-state index in [0.29, 0.717) is 22.4 Å². The van der Waals surface area contributed by atoms with Crippen molar-refractivity contribution in [1.82, 2.24) is 9.97 Å². The van der Waals surface area contributed by atoms with Crippen LogP contribution < -0.4 is 15.8 Å². The van der Waals surface area contributed by atoms with Gasteiger partial charge in [0.05, 0.1) is 23.9 Å². The first-order valence-corrected chi connectivity index (χ1v) is 9.79. The Kier molecular flexibility index (Phi) is 5.33. The molecule has 6 nitrogen and oxygen atoms in total. The lowest BCUT2D eigenvalue weighted by atomic mass is 10.2. The van der Waals surface area contributed by atoms with E-state index in [-0.39, 0.29) is 11.7 Å². The van der Waals surface area contributed by atoms with Gasteiger partial charge < -0.3 is 15.8 Å².